The second kappa shape index (κ2) is 9.08. The zero-order chi connectivity index (χ0) is 24.5. The number of rotatable bonds is 6. The molecule has 1 aliphatic rings. The molecule has 0 radical (unpaired) electrons. The van der Waals surface area contributed by atoms with Gasteiger partial charge in [-0.1, -0.05) is 59.9 Å². The van der Waals surface area contributed by atoms with Crippen molar-refractivity contribution in [3.63, 3.8) is 0 Å². The summed E-state index contributed by atoms with van der Waals surface area (Å²) in [4.78, 5) is 32.5. The summed E-state index contributed by atoms with van der Waals surface area (Å²) in [6, 6.07) is 19.9. The fraction of sp³-hybridized carbons (Fsp3) is 0.0741. The average molecular weight is 485 g/mol. The molecule has 1 aromatic heterocycles. The van der Waals surface area contributed by atoms with Gasteiger partial charge in [-0.25, -0.2) is 4.98 Å². The maximum absolute atomic E-state index is 13.3. The number of phenols is 1. The summed E-state index contributed by atoms with van der Waals surface area (Å²) >= 11 is 1.24. The van der Waals surface area contributed by atoms with Crippen LogP contribution in [0.5, 0.6) is 11.5 Å². The number of carbonyl (C=O) groups is 2. The molecule has 1 aliphatic heterocycles. The van der Waals surface area contributed by atoms with E-state index < -0.39 is 23.5 Å². The van der Waals surface area contributed by atoms with Gasteiger partial charge in [0.2, 0.25) is 0 Å². The SMILES string of the molecule is COc1ccc2nc(N3C(=O)C(O)=C(C(=O)/C=C/c4ccccc4)C3c3cccc(O)c3)sc2c1. The van der Waals surface area contributed by atoms with Gasteiger partial charge < -0.3 is 14.9 Å². The highest BCUT2D eigenvalue weighted by Crippen LogP contribution is 2.44. The first-order valence-corrected chi connectivity index (χ1v) is 11.6. The van der Waals surface area contributed by atoms with Crippen LogP contribution in [0.15, 0.2) is 90.2 Å². The Balaban J connectivity index is 1.61. The van der Waals surface area contributed by atoms with Crippen LogP contribution in [0.25, 0.3) is 16.3 Å². The molecule has 7 nitrogen and oxygen atoms in total. The quantitative estimate of drug-likeness (QED) is 0.365. The predicted molar refractivity (Wildman–Crippen MR) is 135 cm³/mol. The number of anilines is 1. The van der Waals surface area contributed by atoms with Crippen LogP contribution >= 0.6 is 11.3 Å². The van der Waals surface area contributed by atoms with E-state index in [4.69, 9.17) is 4.74 Å². The van der Waals surface area contributed by atoms with E-state index in [9.17, 15) is 19.8 Å². The number of aromatic nitrogens is 1. The number of ketones is 1. The van der Waals surface area contributed by atoms with Crippen molar-refractivity contribution in [2.45, 2.75) is 6.04 Å². The number of thiazole rings is 1. The van der Waals surface area contributed by atoms with Crippen molar-refractivity contribution in [2.75, 3.05) is 12.0 Å². The summed E-state index contributed by atoms with van der Waals surface area (Å²) in [5.74, 6) is -1.27. The molecule has 0 fully saturated rings. The second-order valence-corrected chi connectivity index (χ2v) is 8.88. The van der Waals surface area contributed by atoms with Crippen molar-refractivity contribution in [2.24, 2.45) is 0 Å². The molecule has 0 spiro atoms. The lowest BCUT2D eigenvalue weighted by molar-refractivity contribution is -0.117. The number of phenolic OH excluding ortho intramolecular Hbond substituents is 1. The Morgan fingerprint density at radius 2 is 1.86 bits per heavy atom. The monoisotopic (exact) mass is 484 g/mol. The van der Waals surface area contributed by atoms with Gasteiger partial charge in [0.1, 0.15) is 11.5 Å². The number of ether oxygens (including phenoxy) is 1. The molecular formula is C27H20N2O5S. The summed E-state index contributed by atoms with van der Waals surface area (Å²) in [5.41, 5.74) is 1.84. The maximum atomic E-state index is 13.3. The molecule has 3 aromatic carbocycles. The van der Waals surface area contributed by atoms with Crippen LogP contribution < -0.4 is 9.64 Å². The van der Waals surface area contributed by atoms with Crippen molar-refractivity contribution in [1.29, 1.82) is 0 Å². The third-order valence-electron chi connectivity index (χ3n) is 5.68. The van der Waals surface area contributed by atoms with Gasteiger partial charge in [0.05, 0.1) is 28.9 Å². The lowest BCUT2D eigenvalue weighted by Crippen LogP contribution is -2.30. The van der Waals surface area contributed by atoms with Gasteiger partial charge in [-0.2, -0.15) is 0 Å². The van der Waals surface area contributed by atoms with Gasteiger partial charge in [0, 0.05) is 0 Å². The van der Waals surface area contributed by atoms with Crippen LogP contribution in [0.3, 0.4) is 0 Å². The Morgan fingerprint density at radius 3 is 2.60 bits per heavy atom. The second-order valence-electron chi connectivity index (χ2n) is 7.87. The van der Waals surface area contributed by atoms with E-state index in [1.165, 1.54) is 34.4 Å². The van der Waals surface area contributed by atoms with Crippen LogP contribution in [0.4, 0.5) is 5.13 Å². The Morgan fingerprint density at radius 1 is 1.06 bits per heavy atom. The van der Waals surface area contributed by atoms with Gasteiger partial charge in [0.15, 0.2) is 16.7 Å². The molecule has 4 aromatic rings. The number of aliphatic hydroxyl groups excluding tert-OH is 1. The molecule has 8 heteroatoms. The molecule has 35 heavy (non-hydrogen) atoms. The summed E-state index contributed by atoms with van der Waals surface area (Å²) in [6.07, 6.45) is 2.95. The zero-order valence-electron chi connectivity index (χ0n) is 18.6. The number of fused-ring (bicyclic) bond motifs is 1. The van der Waals surface area contributed by atoms with Crippen molar-refractivity contribution in [3.8, 4) is 11.5 Å². The summed E-state index contributed by atoms with van der Waals surface area (Å²) < 4.78 is 6.06. The fourth-order valence-corrected chi connectivity index (χ4v) is 5.03. The number of allylic oxidation sites excluding steroid dienone is 1. The third kappa shape index (κ3) is 4.15. The highest BCUT2D eigenvalue weighted by molar-refractivity contribution is 7.22. The first-order chi connectivity index (χ1) is 17.0. The Kier molecular flexibility index (Phi) is 5.80. The molecule has 2 N–H and O–H groups in total. The number of aromatic hydroxyl groups is 1. The van der Waals surface area contributed by atoms with Crippen LogP contribution in [-0.4, -0.2) is 34.0 Å². The normalized spacial score (nSPS) is 16.0. The van der Waals surface area contributed by atoms with Crippen LogP contribution in [0, 0.1) is 0 Å². The Bertz CT molecular complexity index is 1510. The van der Waals surface area contributed by atoms with Crippen molar-refractivity contribution in [3.05, 3.63) is 101 Å². The smallest absolute Gasteiger partial charge is 0.296 e. The highest BCUT2D eigenvalue weighted by Gasteiger charge is 2.45. The first kappa shape index (κ1) is 22.4. The molecule has 5 rings (SSSR count). The largest absolute Gasteiger partial charge is 0.508 e. The predicted octanol–water partition coefficient (Wildman–Crippen LogP) is 5.19. The van der Waals surface area contributed by atoms with E-state index in [-0.39, 0.29) is 11.3 Å². The third-order valence-corrected chi connectivity index (χ3v) is 6.69. The molecule has 0 bridgehead atoms. The summed E-state index contributed by atoms with van der Waals surface area (Å²) in [7, 11) is 1.56. The van der Waals surface area contributed by atoms with Crippen LogP contribution in [0.1, 0.15) is 17.2 Å². The fourth-order valence-electron chi connectivity index (χ4n) is 4.01. The van der Waals surface area contributed by atoms with Crippen LogP contribution in [-0.2, 0) is 9.59 Å². The van der Waals surface area contributed by atoms with E-state index in [0.717, 1.165) is 10.3 Å². The first-order valence-electron chi connectivity index (χ1n) is 10.7. The van der Waals surface area contributed by atoms with Crippen molar-refractivity contribution in [1.82, 2.24) is 4.98 Å². The van der Waals surface area contributed by atoms with Gasteiger partial charge in [-0.05, 0) is 47.5 Å². The van der Waals surface area contributed by atoms with Gasteiger partial charge in [-0.3, -0.25) is 14.5 Å². The number of benzene rings is 3. The van der Waals surface area contributed by atoms with Crippen LogP contribution in [0.2, 0.25) is 0 Å². The molecule has 1 amide bonds. The Hall–Kier alpha value is -4.43. The molecule has 0 saturated heterocycles. The Labute approximate surface area is 204 Å². The van der Waals surface area contributed by atoms with E-state index in [1.54, 1.807) is 37.5 Å². The minimum Gasteiger partial charge on any atom is -0.508 e. The van der Waals surface area contributed by atoms with Crippen molar-refractivity contribution >= 4 is 44.5 Å². The molecule has 0 saturated carbocycles. The molecule has 1 unspecified atom stereocenters. The molecular weight excluding hydrogens is 464 g/mol. The number of aliphatic hydroxyl groups is 1. The van der Waals surface area contributed by atoms with E-state index in [0.29, 0.717) is 22.0 Å². The number of amides is 1. The standard InChI is InChI=1S/C27H20N2O5S/c1-34-19-11-12-20-22(15-19)35-27(28-20)29-24(17-8-5-9-18(30)14-17)23(25(32)26(29)33)21(31)13-10-16-6-3-2-4-7-16/h2-15,24,30,32H,1H3/b13-10+. The molecule has 1 atom stereocenters. The van der Waals surface area contributed by atoms with Crippen molar-refractivity contribution < 1.29 is 24.5 Å². The lowest BCUT2D eigenvalue weighted by atomic mass is 9.95. The van der Waals surface area contributed by atoms with Gasteiger partial charge in [0.25, 0.3) is 5.91 Å². The number of methoxy groups -OCH3 is 1. The number of nitrogens with zero attached hydrogens (tertiary/aromatic N) is 2. The minimum absolute atomic E-state index is 0.0260. The minimum atomic E-state index is -0.968. The van der Waals surface area contributed by atoms with E-state index in [2.05, 4.69) is 4.98 Å². The summed E-state index contributed by atoms with van der Waals surface area (Å²) in [6.45, 7) is 0. The zero-order valence-corrected chi connectivity index (χ0v) is 19.4. The highest BCUT2D eigenvalue weighted by atomic mass is 32.1. The van der Waals surface area contributed by atoms with Gasteiger partial charge in [-0.15, -0.1) is 0 Å². The maximum Gasteiger partial charge on any atom is 0.296 e. The number of carbonyl (C=O) groups excluding carboxylic acids is 2. The van der Waals surface area contributed by atoms with E-state index >= 15 is 0 Å². The van der Waals surface area contributed by atoms with Gasteiger partial charge >= 0.3 is 0 Å². The molecule has 0 aliphatic carbocycles. The topological polar surface area (TPSA) is 100.0 Å². The molecule has 174 valence electrons. The average Bonchev–Trinajstić information content (AvgIpc) is 3.40. The number of hydrogen-bond donors (Lipinski definition) is 2. The summed E-state index contributed by atoms with van der Waals surface area (Å²) in [5, 5.41) is 21.3. The molecule has 2 heterocycles. The lowest BCUT2D eigenvalue weighted by Gasteiger charge is -2.24. The number of hydrogen-bond acceptors (Lipinski definition) is 7. The van der Waals surface area contributed by atoms with E-state index in [1.807, 2.05) is 36.4 Å².